The van der Waals surface area contributed by atoms with Gasteiger partial charge >= 0.3 is 0 Å². The van der Waals surface area contributed by atoms with Crippen molar-refractivity contribution < 1.29 is 18.8 Å². The summed E-state index contributed by atoms with van der Waals surface area (Å²) < 4.78 is 16.7. The van der Waals surface area contributed by atoms with Crippen molar-refractivity contribution in [3.05, 3.63) is 58.0 Å². The molecule has 3 aromatic rings. The third kappa shape index (κ3) is 4.44. The van der Waals surface area contributed by atoms with Crippen LogP contribution in [0.25, 0.3) is 23.3 Å². The number of ether oxygens (including phenoxy) is 2. The minimum Gasteiger partial charge on any atom is -0.493 e. The first-order chi connectivity index (χ1) is 13.1. The number of oxazole rings is 1. The monoisotopic (exact) mass is 368 g/mol. The molecule has 1 heterocycles. The number of methoxy groups -OCH3 is 1. The standard InChI is InChI=1S/C20H20N2O5/c1-3-4-11-26-19-12-14(5-8-18(19)25-2)6-10-20-21-16-13-15(22(23)24)7-9-17(16)27-20/h5-10,12-13H,3-4,11H2,1-2H3/b10-6+. The third-order valence-electron chi connectivity index (χ3n) is 3.96. The minimum absolute atomic E-state index is 0.0182. The maximum Gasteiger partial charge on any atom is 0.271 e. The lowest BCUT2D eigenvalue weighted by Gasteiger charge is -2.10. The quantitative estimate of drug-likeness (QED) is 0.312. The summed E-state index contributed by atoms with van der Waals surface area (Å²) in [5.74, 6) is 1.73. The van der Waals surface area contributed by atoms with Crippen LogP contribution in [-0.4, -0.2) is 23.6 Å². The molecular weight excluding hydrogens is 348 g/mol. The zero-order valence-corrected chi connectivity index (χ0v) is 15.2. The number of hydrogen-bond donors (Lipinski definition) is 0. The van der Waals surface area contributed by atoms with E-state index >= 15 is 0 Å². The Morgan fingerprint density at radius 2 is 2.04 bits per heavy atom. The van der Waals surface area contributed by atoms with Crippen LogP contribution in [0, 0.1) is 10.1 Å². The summed E-state index contributed by atoms with van der Waals surface area (Å²) in [6.45, 7) is 2.73. The van der Waals surface area contributed by atoms with Crippen molar-refractivity contribution in [3.63, 3.8) is 0 Å². The van der Waals surface area contributed by atoms with Crippen molar-refractivity contribution >= 4 is 28.9 Å². The van der Waals surface area contributed by atoms with Gasteiger partial charge < -0.3 is 13.9 Å². The van der Waals surface area contributed by atoms with Crippen molar-refractivity contribution in [1.29, 1.82) is 0 Å². The molecule has 0 atom stereocenters. The first-order valence-corrected chi connectivity index (χ1v) is 8.64. The predicted octanol–water partition coefficient (Wildman–Crippen LogP) is 5.09. The second kappa shape index (κ2) is 8.35. The number of hydrogen-bond acceptors (Lipinski definition) is 6. The van der Waals surface area contributed by atoms with Crippen LogP contribution in [0.15, 0.2) is 40.8 Å². The fraction of sp³-hybridized carbons (Fsp3) is 0.250. The Hall–Kier alpha value is -3.35. The lowest BCUT2D eigenvalue weighted by atomic mass is 10.2. The molecule has 7 heteroatoms. The summed E-state index contributed by atoms with van der Waals surface area (Å²) in [7, 11) is 1.61. The summed E-state index contributed by atoms with van der Waals surface area (Å²) in [4.78, 5) is 14.7. The van der Waals surface area contributed by atoms with E-state index in [1.54, 1.807) is 19.3 Å². The summed E-state index contributed by atoms with van der Waals surface area (Å²) in [6.07, 6.45) is 5.57. The highest BCUT2D eigenvalue weighted by Gasteiger charge is 2.10. The molecule has 0 spiro atoms. The number of benzene rings is 2. The van der Waals surface area contributed by atoms with Crippen LogP contribution in [-0.2, 0) is 0 Å². The molecule has 27 heavy (non-hydrogen) atoms. The Bertz CT molecular complexity index is 978. The van der Waals surface area contributed by atoms with Gasteiger partial charge in [-0.2, -0.15) is 0 Å². The van der Waals surface area contributed by atoms with Gasteiger partial charge in [0.25, 0.3) is 5.69 Å². The Morgan fingerprint density at radius 3 is 2.78 bits per heavy atom. The maximum atomic E-state index is 10.9. The number of unbranched alkanes of at least 4 members (excludes halogenated alkanes) is 1. The molecule has 0 amide bonds. The molecule has 1 aromatic heterocycles. The SMILES string of the molecule is CCCCOc1cc(/C=C/c2nc3cc([N+](=O)[O-])ccc3o2)ccc1OC. The molecule has 0 unspecified atom stereocenters. The second-order valence-electron chi connectivity index (χ2n) is 5.91. The molecule has 7 nitrogen and oxygen atoms in total. The largest absolute Gasteiger partial charge is 0.493 e. The first-order valence-electron chi connectivity index (χ1n) is 8.64. The van der Waals surface area contributed by atoms with Crippen LogP contribution in [0.1, 0.15) is 31.2 Å². The number of nitro benzene ring substituents is 1. The molecule has 0 N–H and O–H groups in total. The van der Waals surface area contributed by atoms with Gasteiger partial charge in [-0.05, 0) is 36.3 Å². The van der Waals surface area contributed by atoms with Gasteiger partial charge in [0.15, 0.2) is 17.1 Å². The highest BCUT2D eigenvalue weighted by molar-refractivity contribution is 5.78. The van der Waals surface area contributed by atoms with Gasteiger partial charge in [-0.25, -0.2) is 4.98 Å². The summed E-state index contributed by atoms with van der Waals surface area (Å²) >= 11 is 0. The van der Waals surface area contributed by atoms with Crippen LogP contribution in [0.5, 0.6) is 11.5 Å². The van der Waals surface area contributed by atoms with E-state index < -0.39 is 4.92 Å². The Kier molecular flexibility index (Phi) is 5.71. The number of aromatic nitrogens is 1. The van der Waals surface area contributed by atoms with Gasteiger partial charge in [0, 0.05) is 18.2 Å². The Balaban J connectivity index is 1.81. The maximum absolute atomic E-state index is 10.9. The van der Waals surface area contributed by atoms with E-state index in [4.69, 9.17) is 13.9 Å². The third-order valence-corrected chi connectivity index (χ3v) is 3.96. The molecule has 0 aliphatic heterocycles. The van der Waals surface area contributed by atoms with Gasteiger partial charge in [0.2, 0.25) is 5.89 Å². The molecule has 0 radical (unpaired) electrons. The van der Waals surface area contributed by atoms with Crippen molar-refractivity contribution in [1.82, 2.24) is 4.98 Å². The van der Waals surface area contributed by atoms with E-state index in [2.05, 4.69) is 11.9 Å². The molecule has 0 aliphatic carbocycles. The van der Waals surface area contributed by atoms with Crippen molar-refractivity contribution in [2.24, 2.45) is 0 Å². The van der Waals surface area contributed by atoms with E-state index in [1.165, 1.54) is 12.1 Å². The van der Waals surface area contributed by atoms with E-state index in [9.17, 15) is 10.1 Å². The molecule has 0 fully saturated rings. The summed E-state index contributed by atoms with van der Waals surface area (Å²) in [5, 5.41) is 10.9. The van der Waals surface area contributed by atoms with Gasteiger partial charge in [-0.1, -0.05) is 19.4 Å². The van der Waals surface area contributed by atoms with Crippen LogP contribution in [0.4, 0.5) is 5.69 Å². The Morgan fingerprint density at radius 1 is 1.19 bits per heavy atom. The normalized spacial score (nSPS) is 11.2. The smallest absolute Gasteiger partial charge is 0.271 e. The molecule has 2 aromatic carbocycles. The summed E-state index contributed by atoms with van der Waals surface area (Å²) in [6, 6.07) is 9.96. The average molecular weight is 368 g/mol. The van der Waals surface area contributed by atoms with Gasteiger partial charge in [0.1, 0.15) is 5.52 Å². The Labute approximate surface area is 156 Å². The summed E-state index contributed by atoms with van der Waals surface area (Å²) in [5.41, 5.74) is 1.83. The lowest BCUT2D eigenvalue weighted by molar-refractivity contribution is -0.384. The fourth-order valence-corrected chi connectivity index (χ4v) is 2.52. The van der Waals surface area contributed by atoms with Crippen molar-refractivity contribution in [2.45, 2.75) is 19.8 Å². The highest BCUT2D eigenvalue weighted by Crippen LogP contribution is 2.29. The molecule has 3 rings (SSSR count). The van der Waals surface area contributed by atoms with Crippen LogP contribution >= 0.6 is 0 Å². The van der Waals surface area contributed by atoms with E-state index in [0.717, 1.165) is 18.4 Å². The number of nitro groups is 1. The number of non-ortho nitro benzene ring substituents is 1. The zero-order chi connectivity index (χ0) is 19.2. The van der Waals surface area contributed by atoms with E-state index in [0.29, 0.717) is 35.1 Å². The number of rotatable bonds is 8. The van der Waals surface area contributed by atoms with Crippen LogP contribution in [0.3, 0.4) is 0 Å². The van der Waals surface area contributed by atoms with Crippen molar-refractivity contribution in [3.8, 4) is 11.5 Å². The minimum atomic E-state index is -0.457. The fourth-order valence-electron chi connectivity index (χ4n) is 2.52. The van der Waals surface area contributed by atoms with Gasteiger partial charge in [-0.3, -0.25) is 10.1 Å². The second-order valence-corrected chi connectivity index (χ2v) is 5.91. The molecular formula is C20H20N2O5. The molecule has 140 valence electrons. The molecule has 0 bridgehead atoms. The van der Waals surface area contributed by atoms with Crippen LogP contribution in [0.2, 0.25) is 0 Å². The first kappa shape index (κ1) is 18.4. The van der Waals surface area contributed by atoms with Gasteiger partial charge in [-0.15, -0.1) is 0 Å². The van der Waals surface area contributed by atoms with Gasteiger partial charge in [0.05, 0.1) is 18.6 Å². The molecule has 0 aliphatic rings. The van der Waals surface area contributed by atoms with Crippen molar-refractivity contribution in [2.75, 3.05) is 13.7 Å². The van der Waals surface area contributed by atoms with E-state index in [-0.39, 0.29) is 5.69 Å². The number of nitrogens with zero attached hydrogens (tertiary/aromatic N) is 2. The lowest BCUT2D eigenvalue weighted by Crippen LogP contribution is -1.99. The molecule has 0 saturated heterocycles. The van der Waals surface area contributed by atoms with E-state index in [1.807, 2.05) is 24.3 Å². The number of fused-ring (bicyclic) bond motifs is 1. The highest BCUT2D eigenvalue weighted by atomic mass is 16.6. The molecule has 0 saturated carbocycles. The van der Waals surface area contributed by atoms with Crippen LogP contribution < -0.4 is 9.47 Å². The topological polar surface area (TPSA) is 87.6 Å². The zero-order valence-electron chi connectivity index (χ0n) is 15.2. The predicted molar refractivity (Wildman–Crippen MR) is 103 cm³/mol. The average Bonchev–Trinajstić information content (AvgIpc) is 3.08.